The molecule has 2 heteroatoms. The van der Waals surface area contributed by atoms with E-state index in [4.69, 9.17) is 0 Å². The fourth-order valence-electron chi connectivity index (χ4n) is 0.757. The van der Waals surface area contributed by atoms with Crippen molar-refractivity contribution >= 4 is 5.71 Å². The van der Waals surface area contributed by atoms with E-state index in [1.54, 1.807) is 7.05 Å². The molecule has 1 radical (unpaired) electrons. The maximum atomic E-state index is 4.06. The van der Waals surface area contributed by atoms with Crippen LogP contribution >= 0.6 is 0 Å². The minimum atomic E-state index is 0. The van der Waals surface area contributed by atoms with E-state index in [-0.39, 0.29) is 32.7 Å². The van der Waals surface area contributed by atoms with Gasteiger partial charge in [-0.2, -0.15) is 30.3 Å². The van der Waals surface area contributed by atoms with Crippen LogP contribution in [0, 0.1) is 6.07 Å². The first-order valence-electron chi connectivity index (χ1n) is 4.24. The van der Waals surface area contributed by atoms with Gasteiger partial charge in [-0.3, -0.25) is 4.99 Å². The molecule has 0 saturated heterocycles. The summed E-state index contributed by atoms with van der Waals surface area (Å²) in [4.78, 5) is 4.06. The van der Waals surface area contributed by atoms with Crippen LogP contribution in [-0.4, -0.2) is 12.8 Å². The van der Waals surface area contributed by atoms with Gasteiger partial charge in [0, 0.05) is 45.5 Å². The molecule has 1 aromatic carbocycles. The van der Waals surface area contributed by atoms with Crippen molar-refractivity contribution in [1.29, 1.82) is 0 Å². The number of benzene rings is 1. The summed E-state index contributed by atoms with van der Waals surface area (Å²) >= 11 is 0. The van der Waals surface area contributed by atoms with Crippen molar-refractivity contribution < 1.29 is 32.7 Å². The first kappa shape index (κ1) is 15.5. The van der Waals surface area contributed by atoms with E-state index >= 15 is 0 Å². The largest absolute Gasteiger partial charge is 0.295 e. The third-order valence-electron chi connectivity index (χ3n) is 1.47. The first-order valence-corrected chi connectivity index (χ1v) is 4.24. The topological polar surface area (TPSA) is 12.4 Å². The molecule has 0 aliphatic carbocycles. The molecule has 0 aliphatic heterocycles. The van der Waals surface area contributed by atoms with Crippen LogP contribution in [0.3, 0.4) is 0 Å². The number of nitrogens with zero attached hydrogens (tertiary/aromatic N) is 1. The van der Waals surface area contributed by atoms with Gasteiger partial charge in [0.1, 0.15) is 0 Å². The van der Waals surface area contributed by atoms with Crippen LogP contribution in [0.2, 0.25) is 0 Å². The van der Waals surface area contributed by atoms with Crippen molar-refractivity contribution in [2.24, 2.45) is 4.99 Å². The molecule has 0 aliphatic rings. The van der Waals surface area contributed by atoms with Gasteiger partial charge < -0.3 is 0 Å². The molecule has 0 heterocycles. The molecular weight excluding hydrogens is 235 g/mol. The summed E-state index contributed by atoms with van der Waals surface area (Å²) in [7, 11) is 1.80. The summed E-state index contributed by atoms with van der Waals surface area (Å²) in [6, 6.07) is 10.7. The zero-order valence-electron chi connectivity index (χ0n) is 8.83. The van der Waals surface area contributed by atoms with Crippen molar-refractivity contribution in [2.45, 2.75) is 20.8 Å². The van der Waals surface area contributed by atoms with Crippen molar-refractivity contribution in [3.05, 3.63) is 35.9 Å². The quantitative estimate of drug-likeness (QED) is 0.537. The molecule has 1 aromatic rings. The molecule has 0 N–H and O–H groups in total. The third kappa shape index (κ3) is 6.12. The zero-order chi connectivity index (χ0) is 9.40. The van der Waals surface area contributed by atoms with E-state index in [2.05, 4.69) is 11.1 Å². The monoisotopic (exact) mass is 251 g/mol. The fourth-order valence-corrected chi connectivity index (χ4v) is 0.757. The van der Waals surface area contributed by atoms with Gasteiger partial charge >= 0.3 is 0 Å². The fraction of sp³-hybridized carbons (Fsp3) is 0.364. The van der Waals surface area contributed by atoms with Gasteiger partial charge in [0.05, 0.1) is 0 Å². The Kier molecular flexibility index (Phi) is 12.0. The SMILES string of the molecule is CC.CN=C(C)c1cc[c-]cc1.[Y]. The maximum absolute atomic E-state index is 4.06. The Morgan fingerprint density at radius 1 is 1.23 bits per heavy atom. The van der Waals surface area contributed by atoms with Gasteiger partial charge in [-0.15, -0.1) is 5.56 Å². The second-order valence-electron chi connectivity index (χ2n) is 2.10. The van der Waals surface area contributed by atoms with Crippen LogP contribution in [-0.2, 0) is 32.7 Å². The van der Waals surface area contributed by atoms with Gasteiger partial charge in [-0.1, -0.05) is 13.8 Å². The molecule has 13 heavy (non-hydrogen) atoms. The molecule has 0 amide bonds. The Hall–Kier alpha value is -0.00610. The number of hydrogen-bond acceptors (Lipinski definition) is 1. The summed E-state index contributed by atoms with van der Waals surface area (Å²) in [5.41, 5.74) is 2.23. The van der Waals surface area contributed by atoms with Gasteiger partial charge in [-0.05, 0) is 6.92 Å². The number of aliphatic imine (C=N–C) groups is 1. The molecule has 0 aromatic heterocycles. The number of rotatable bonds is 1. The van der Waals surface area contributed by atoms with Crippen LogP contribution in [0.25, 0.3) is 0 Å². The minimum Gasteiger partial charge on any atom is -0.295 e. The molecule has 1 nitrogen and oxygen atoms in total. The summed E-state index contributed by atoms with van der Waals surface area (Å²) < 4.78 is 0. The molecule has 69 valence electrons. The van der Waals surface area contributed by atoms with Gasteiger partial charge in [0.15, 0.2) is 0 Å². The maximum Gasteiger partial charge on any atom is 0.0279 e. The average Bonchev–Trinajstić information content (AvgIpc) is 2.21. The third-order valence-corrected chi connectivity index (χ3v) is 1.47. The average molecular weight is 251 g/mol. The number of hydrogen-bond donors (Lipinski definition) is 0. The summed E-state index contributed by atoms with van der Waals surface area (Å²) in [6.07, 6.45) is 0. The molecule has 0 unspecified atom stereocenters. The van der Waals surface area contributed by atoms with Gasteiger partial charge in [0.2, 0.25) is 0 Å². The van der Waals surface area contributed by atoms with Crippen LogP contribution < -0.4 is 0 Å². The Bertz CT molecular complexity index is 229. The van der Waals surface area contributed by atoms with E-state index in [9.17, 15) is 0 Å². The Morgan fingerprint density at radius 3 is 2.08 bits per heavy atom. The Balaban J connectivity index is 0. The summed E-state index contributed by atoms with van der Waals surface area (Å²) in [5, 5.41) is 0. The standard InChI is InChI=1S/C9H10N.C2H6.Y/c1-8(10-2)9-6-4-3-5-7-9;1-2;/h4-7H,1-2H3;1-2H3;/q-1;;. The smallest absolute Gasteiger partial charge is 0.0279 e. The first-order chi connectivity index (χ1) is 5.84. The molecule has 0 atom stereocenters. The molecule has 1 rings (SSSR count). The summed E-state index contributed by atoms with van der Waals surface area (Å²) in [6.45, 7) is 6.00. The second-order valence-corrected chi connectivity index (χ2v) is 2.10. The van der Waals surface area contributed by atoms with E-state index in [1.165, 1.54) is 5.56 Å². The van der Waals surface area contributed by atoms with Crippen molar-refractivity contribution in [3.8, 4) is 0 Å². The van der Waals surface area contributed by atoms with Crippen molar-refractivity contribution in [3.63, 3.8) is 0 Å². The molecule has 0 fully saturated rings. The predicted molar refractivity (Wildman–Crippen MR) is 54.8 cm³/mol. The van der Waals surface area contributed by atoms with Crippen molar-refractivity contribution in [2.75, 3.05) is 7.05 Å². The molecule has 0 saturated carbocycles. The van der Waals surface area contributed by atoms with E-state index in [0.29, 0.717) is 0 Å². The van der Waals surface area contributed by atoms with Gasteiger partial charge in [-0.25, -0.2) is 0 Å². The predicted octanol–water partition coefficient (Wildman–Crippen LogP) is 2.95. The normalized spacial score (nSPS) is 9.38. The van der Waals surface area contributed by atoms with Crippen LogP contribution in [0.5, 0.6) is 0 Å². The Morgan fingerprint density at radius 2 is 1.69 bits per heavy atom. The van der Waals surface area contributed by atoms with Crippen LogP contribution in [0.4, 0.5) is 0 Å². The zero-order valence-corrected chi connectivity index (χ0v) is 11.7. The second kappa shape index (κ2) is 10.1. The van der Waals surface area contributed by atoms with Gasteiger partial charge in [0.25, 0.3) is 0 Å². The van der Waals surface area contributed by atoms with E-state index in [1.807, 2.05) is 45.0 Å². The van der Waals surface area contributed by atoms with E-state index < -0.39 is 0 Å². The summed E-state index contributed by atoms with van der Waals surface area (Å²) in [5.74, 6) is 0. The molecule has 0 bridgehead atoms. The molecular formula is C11H16NY-. The molecule has 0 spiro atoms. The van der Waals surface area contributed by atoms with Crippen LogP contribution in [0.1, 0.15) is 26.3 Å². The van der Waals surface area contributed by atoms with Crippen LogP contribution in [0.15, 0.2) is 29.3 Å². The minimum absolute atomic E-state index is 0. The van der Waals surface area contributed by atoms with E-state index in [0.717, 1.165) is 5.71 Å². The Labute approximate surface area is 107 Å². The van der Waals surface area contributed by atoms with Crippen molar-refractivity contribution in [1.82, 2.24) is 0 Å².